The number of aromatic amines is 1. The molecule has 0 spiro atoms. The molecule has 0 unspecified atom stereocenters. The number of nitrogens with one attached hydrogen (secondary N) is 2. The Hall–Kier alpha value is -1.89. The molecule has 0 atom stereocenters. The molecule has 4 nitrogen and oxygen atoms in total. The highest BCUT2D eigenvalue weighted by Crippen LogP contribution is 2.18. The number of benzene rings is 1. The first kappa shape index (κ1) is 15.5. The van der Waals surface area contributed by atoms with E-state index in [2.05, 4.69) is 29.1 Å². The van der Waals surface area contributed by atoms with Crippen LogP contribution in [0.3, 0.4) is 0 Å². The van der Waals surface area contributed by atoms with Gasteiger partial charge in [0, 0.05) is 23.6 Å². The van der Waals surface area contributed by atoms with Gasteiger partial charge in [0.1, 0.15) is 0 Å². The Balaban J connectivity index is 2.19. The van der Waals surface area contributed by atoms with Crippen molar-refractivity contribution in [2.45, 2.75) is 24.9 Å². The Kier molecular flexibility index (Phi) is 4.95. The minimum absolute atomic E-state index is 0.202. The lowest BCUT2D eigenvalue weighted by molar-refractivity contribution is 0.509. The van der Waals surface area contributed by atoms with E-state index in [0.29, 0.717) is 22.4 Å². The van der Waals surface area contributed by atoms with Crippen LogP contribution in [0.4, 0.5) is 20.4 Å². The molecule has 2 N–H and O–H groups in total. The summed E-state index contributed by atoms with van der Waals surface area (Å²) in [6.07, 6.45) is 0. The highest BCUT2D eigenvalue weighted by atomic mass is 32.2. The van der Waals surface area contributed by atoms with Crippen molar-refractivity contribution in [2.24, 2.45) is 0 Å². The molecule has 0 radical (unpaired) electrons. The standard InChI is InChI=1S/C14H15F2N3OS/c1-8(2)21-7-10-6-13(20)19-14(18-10)17-9-3-4-11(15)12(16)5-9/h3-6,8H,7H2,1-2H3,(H2,17,18,19,20). The Labute approximate surface area is 125 Å². The SMILES string of the molecule is CC(C)SCc1cc(=O)[nH]c(Nc2ccc(F)c(F)c2)n1. The van der Waals surface area contributed by atoms with Gasteiger partial charge in [-0.05, 0) is 17.4 Å². The van der Waals surface area contributed by atoms with Crippen molar-refractivity contribution in [1.29, 1.82) is 0 Å². The number of nitrogens with zero attached hydrogens (tertiary/aromatic N) is 1. The molecular formula is C14H15F2N3OS. The van der Waals surface area contributed by atoms with Gasteiger partial charge < -0.3 is 5.32 Å². The summed E-state index contributed by atoms with van der Waals surface area (Å²) in [6.45, 7) is 4.11. The second-order valence-corrected chi connectivity index (χ2v) is 6.26. The van der Waals surface area contributed by atoms with Crippen molar-refractivity contribution in [3.8, 4) is 0 Å². The van der Waals surface area contributed by atoms with Crippen molar-refractivity contribution in [3.05, 3.63) is 51.9 Å². The lowest BCUT2D eigenvalue weighted by Crippen LogP contribution is -2.12. The third-order valence-corrected chi connectivity index (χ3v) is 3.67. The number of aromatic nitrogens is 2. The maximum absolute atomic E-state index is 13.1. The quantitative estimate of drug-likeness (QED) is 0.888. The predicted molar refractivity (Wildman–Crippen MR) is 80.9 cm³/mol. The van der Waals surface area contributed by atoms with E-state index >= 15 is 0 Å². The van der Waals surface area contributed by atoms with Gasteiger partial charge in [-0.15, -0.1) is 0 Å². The van der Waals surface area contributed by atoms with Crippen LogP contribution in [-0.4, -0.2) is 15.2 Å². The van der Waals surface area contributed by atoms with Crippen LogP contribution in [-0.2, 0) is 5.75 Å². The van der Waals surface area contributed by atoms with E-state index in [4.69, 9.17) is 0 Å². The number of rotatable bonds is 5. The minimum Gasteiger partial charge on any atom is -0.326 e. The van der Waals surface area contributed by atoms with Gasteiger partial charge >= 0.3 is 0 Å². The molecule has 1 aromatic heterocycles. The monoisotopic (exact) mass is 311 g/mol. The molecule has 7 heteroatoms. The molecule has 0 amide bonds. The van der Waals surface area contributed by atoms with Gasteiger partial charge in [0.05, 0.1) is 5.69 Å². The van der Waals surface area contributed by atoms with Gasteiger partial charge in [0.25, 0.3) is 5.56 Å². The van der Waals surface area contributed by atoms with E-state index in [9.17, 15) is 13.6 Å². The number of thioether (sulfide) groups is 1. The van der Waals surface area contributed by atoms with Crippen molar-refractivity contribution < 1.29 is 8.78 Å². The van der Waals surface area contributed by atoms with Crippen LogP contribution in [0.15, 0.2) is 29.1 Å². The maximum atomic E-state index is 13.1. The molecule has 0 saturated heterocycles. The molecule has 0 aliphatic rings. The fourth-order valence-corrected chi connectivity index (χ4v) is 2.26. The fourth-order valence-electron chi connectivity index (χ4n) is 1.60. The summed E-state index contributed by atoms with van der Waals surface area (Å²) in [6, 6.07) is 4.80. The Bertz CT molecular complexity index is 688. The zero-order valence-electron chi connectivity index (χ0n) is 11.6. The second kappa shape index (κ2) is 6.71. The Morgan fingerprint density at radius 3 is 2.71 bits per heavy atom. The van der Waals surface area contributed by atoms with Crippen LogP contribution >= 0.6 is 11.8 Å². The number of anilines is 2. The summed E-state index contributed by atoms with van der Waals surface area (Å²) in [4.78, 5) is 18.4. The average molecular weight is 311 g/mol. The molecule has 2 rings (SSSR count). The molecule has 0 fully saturated rings. The number of H-pyrrole nitrogens is 1. The van der Waals surface area contributed by atoms with Gasteiger partial charge in [-0.25, -0.2) is 13.8 Å². The average Bonchev–Trinajstić information content (AvgIpc) is 2.40. The number of hydrogen-bond acceptors (Lipinski definition) is 4. The third-order valence-electron chi connectivity index (χ3n) is 2.54. The third kappa shape index (κ3) is 4.56. The van der Waals surface area contributed by atoms with Crippen molar-refractivity contribution in [1.82, 2.24) is 9.97 Å². The fraction of sp³-hybridized carbons (Fsp3) is 0.286. The van der Waals surface area contributed by atoms with Gasteiger partial charge in [-0.1, -0.05) is 13.8 Å². The lowest BCUT2D eigenvalue weighted by Gasteiger charge is -2.08. The molecular weight excluding hydrogens is 296 g/mol. The predicted octanol–water partition coefficient (Wildman–Crippen LogP) is 3.43. The lowest BCUT2D eigenvalue weighted by atomic mass is 10.3. The Morgan fingerprint density at radius 1 is 1.29 bits per heavy atom. The molecule has 2 aromatic rings. The first-order chi connectivity index (χ1) is 9.94. The summed E-state index contributed by atoms with van der Waals surface area (Å²) in [5.41, 5.74) is 0.641. The maximum Gasteiger partial charge on any atom is 0.252 e. The van der Waals surface area contributed by atoms with Crippen molar-refractivity contribution in [3.63, 3.8) is 0 Å². The molecule has 1 heterocycles. The summed E-state index contributed by atoms with van der Waals surface area (Å²) in [5, 5.41) is 3.18. The van der Waals surface area contributed by atoms with Crippen LogP contribution in [0.5, 0.6) is 0 Å². The molecule has 112 valence electrons. The highest BCUT2D eigenvalue weighted by molar-refractivity contribution is 7.99. The van der Waals surface area contributed by atoms with E-state index in [0.717, 1.165) is 12.1 Å². The van der Waals surface area contributed by atoms with Crippen LogP contribution in [0.2, 0.25) is 0 Å². The van der Waals surface area contributed by atoms with E-state index in [-0.39, 0.29) is 11.5 Å². The van der Waals surface area contributed by atoms with Gasteiger partial charge in [-0.3, -0.25) is 9.78 Å². The van der Waals surface area contributed by atoms with Crippen LogP contribution < -0.4 is 10.9 Å². The minimum atomic E-state index is -0.964. The topological polar surface area (TPSA) is 57.8 Å². The van der Waals surface area contributed by atoms with Crippen molar-refractivity contribution in [2.75, 3.05) is 5.32 Å². The number of hydrogen-bond donors (Lipinski definition) is 2. The molecule has 0 aliphatic carbocycles. The first-order valence-corrected chi connectivity index (χ1v) is 7.43. The van der Waals surface area contributed by atoms with E-state index in [1.54, 1.807) is 11.8 Å². The highest BCUT2D eigenvalue weighted by Gasteiger charge is 2.06. The van der Waals surface area contributed by atoms with Gasteiger partial charge in [0.15, 0.2) is 11.6 Å². The summed E-state index contributed by atoms with van der Waals surface area (Å²) in [7, 11) is 0. The molecule has 21 heavy (non-hydrogen) atoms. The van der Waals surface area contributed by atoms with Crippen LogP contribution in [0, 0.1) is 11.6 Å². The summed E-state index contributed by atoms with van der Waals surface area (Å²) in [5.74, 6) is -1.08. The van der Waals surface area contributed by atoms with Gasteiger partial charge in [-0.2, -0.15) is 11.8 Å². The largest absolute Gasteiger partial charge is 0.326 e. The first-order valence-electron chi connectivity index (χ1n) is 6.38. The molecule has 1 aromatic carbocycles. The Morgan fingerprint density at radius 2 is 2.05 bits per heavy atom. The zero-order chi connectivity index (χ0) is 15.4. The number of halogens is 2. The van der Waals surface area contributed by atoms with E-state index < -0.39 is 11.6 Å². The summed E-state index contributed by atoms with van der Waals surface area (Å²) < 4.78 is 26.0. The summed E-state index contributed by atoms with van der Waals surface area (Å²) >= 11 is 1.66. The normalized spacial score (nSPS) is 10.9. The molecule has 0 saturated carbocycles. The van der Waals surface area contributed by atoms with E-state index in [1.165, 1.54) is 12.1 Å². The van der Waals surface area contributed by atoms with Crippen molar-refractivity contribution >= 4 is 23.4 Å². The smallest absolute Gasteiger partial charge is 0.252 e. The second-order valence-electron chi connectivity index (χ2n) is 4.70. The molecule has 0 bridgehead atoms. The van der Waals surface area contributed by atoms with E-state index in [1.807, 2.05) is 0 Å². The molecule has 0 aliphatic heterocycles. The van der Waals surface area contributed by atoms with Crippen LogP contribution in [0.25, 0.3) is 0 Å². The van der Waals surface area contributed by atoms with Crippen LogP contribution in [0.1, 0.15) is 19.5 Å². The zero-order valence-corrected chi connectivity index (χ0v) is 12.4. The van der Waals surface area contributed by atoms with Gasteiger partial charge in [0.2, 0.25) is 5.95 Å².